The number of rotatable bonds is 13. The van der Waals surface area contributed by atoms with E-state index in [2.05, 4.69) is 11.9 Å². The summed E-state index contributed by atoms with van der Waals surface area (Å²) < 4.78 is 18.7. The monoisotopic (exact) mass is 689 g/mol. The molecular formula is C37H43N3O10. The zero-order valence-corrected chi connectivity index (χ0v) is 28.9. The number of nitrogens with zero attached hydrogens (tertiary/aromatic N) is 2. The van der Waals surface area contributed by atoms with Crippen LogP contribution in [0, 0.1) is 0 Å². The smallest absolute Gasteiger partial charge is 0.302 e. The lowest BCUT2D eigenvalue weighted by Gasteiger charge is -2.22. The first kappa shape index (κ1) is 40.4. The van der Waals surface area contributed by atoms with Gasteiger partial charge in [-0.15, -0.1) is 0 Å². The largest absolute Gasteiger partial charge is 0.545 e. The van der Waals surface area contributed by atoms with Crippen molar-refractivity contribution in [2.75, 3.05) is 44.3 Å². The summed E-state index contributed by atoms with van der Waals surface area (Å²) in [6.07, 6.45) is 1.62. The van der Waals surface area contributed by atoms with Gasteiger partial charge in [-0.3, -0.25) is 14.4 Å². The van der Waals surface area contributed by atoms with Gasteiger partial charge in [-0.1, -0.05) is 30.8 Å². The Labute approximate surface area is 290 Å². The lowest BCUT2D eigenvalue weighted by atomic mass is 9.90. The second kappa shape index (κ2) is 19.2. The van der Waals surface area contributed by atoms with E-state index in [1.807, 2.05) is 45.9 Å². The Morgan fingerprint density at radius 2 is 1.54 bits per heavy atom. The molecule has 266 valence electrons. The molecule has 1 aliphatic heterocycles. The highest BCUT2D eigenvalue weighted by atomic mass is 16.5. The maximum Gasteiger partial charge on any atom is 0.302 e. The van der Waals surface area contributed by atoms with Crippen LogP contribution in [0.3, 0.4) is 0 Å². The average molecular weight is 690 g/mol. The van der Waals surface area contributed by atoms with Crippen molar-refractivity contribution in [1.29, 1.82) is 0 Å². The summed E-state index contributed by atoms with van der Waals surface area (Å²) in [4.78, 5) is 57.6. The number of esters is 2. The van der Waals surface area contributed by atoms with Gasteiger partial charge in [0.25, 0.3) is 0 Å². The van der Waals surface area contributed by atoms with Crippen LogP contribution in [-0.4, -0.2) is 74.5 Å². The summed E-state index contributed by atoms with van der Waals surface area (Å²) in [5, 5.41) is 16.4. The number of ether oxygens (including phenoxy) is 2. The molecule has 0 aromatic heterocycles. The van der Waals surface area contributed by atoms with Gasteiger partial charge in [0.2, 0.25) is 11.3 Å². The highest BCUT2D eigenvalue weighted by Gasteiger charge is 2.22. The Balaban J connectivity index is 0.00000164. The molecule has 4 rings (SSSR count). The second-order valence-electron chi connectivity index (χ2n) is 11.1. The minimum Gasteiger partial charge on any atom is -0.545 e. The average Bonchev–Trinajstić information content (AvgIpc) is 3.03. The van der Waals surface area contributed by atoms with Crippen molar-refractivity contribution in [3.8, 4) is 22.5 Å². The van der Waals surface area contributed by atoms with E-state index in [1.54, 1.807) is 24.4 Å². The maximum atomic E-state index is 12.2. The standard InChI is InChI=1S/C34H35N3O8.C3H6O.H2O/c1-5-36(16-18-43-23(3)39)25-10-12-29-31(20-25)45-32-21-26(37(15-14-35-22(2)38)17-19-44-24(4)40)11-13-30(32)33(29)27-8-6-7-9-28(27)34(41)42;1-3(2)4;/h5-13,20-21H,1,14-19H2,2-4H3,(H-,35,38,41,42);1-2H3;1H2. The van der Waals surface area contributed by atoms with Crippen molar-refractivity contribution in [2.24, 2.45) is 0 Å². The molecule has 3 N–H and O–H groups in total. The molecule has 2 aliphatic rings. The normalized spacial score (nSPS) is 10.9. The lowest BCUT2D eigenvalue weighted by Crippen LogP contribution is -2.39. The third kappa shape index (κ3) is 11.4. The molecule has 0 saturated heterocycles. The lowest BCUT2D eigenvalue weighted by molar-refractivity contribution is -0.255. The SMILES string of the molecule is C=CN(CCOC(C)=O)c1ccc2c(-c3ccccc3C(=O)[O-])c3ccc(=[N+](CCNC(C)=O)CCOC(C)=O)cc-3oc2c1.CC(C)=O.O. The number of hydrogen-bond acceptors (Lipinski definition) is 10. The van der Waals surface area contributed by atoms with E-state index < -0.39 is 11.9 Å². The highest BCUT2D eigenvalue weighted by Crippen LogP contribution is 2.42. The number of nitrogens with one attached hydrogen (secondary N) is 1. The van der Waals surface area contributed by atoms with Crippen LogP contribution in [0.1, 0.15) is 45.0 Å². The van der Waals surface area contributed by atoms with Gasteiger partial charge >= 0.3 is 11.9 Å². The summed E-state index contributed by atoms with van der Waals surface area (Å²) in [5.74, 6) is -1.61. The molecule has 2 aromatic carbocycles. The molecule has 0 spiro atoms. The van der Waals surface area contributed by atoms with Gasteiger partial charge < -0.3 is 44.3 Å². The number of carbonyl (C=O) groups excluding carboxylic acids is 5. The van der Waals surface area contributed by atoms with E-state index in [0.29, 0.717) is 59.6 Å². The quantitative estimate of drug-likeness (QED) is 0.124. The fourth-order valence-corrected chi connectivity index (χ4v) is 5.06. The van der Waals surface area contributed by atoms with Crippen LogP contribution in [0.25, 0.3) is 33.4 Å². The van der Waals surface area contributed by atoms with E-state index in [9.17, 15) is 29.1 Å². The number of fused-ring (bicyclic) bond motifs is 2. The Kier molecular flexibility index (Phi) is 15.5. The molecule has 0 bridgehead atoms. The molecule has 0 radical (unpaired) electrons. The number of benzene rings is 3. The number of carbonyl (C=O) groups is 5. The van der Waals surface area contributed by atoms with Crippen molar-refractivity contribution < 1.29 is 48.4 Å². The molecule has 13 nitrogen and oxygen atoms in total. The van der Waals surface area contributed by atoms with Crippen LogP contribution in [0.2, 0.25) is 0 Å². The van der Waals surface area contributed by atoms with Gasteiger partial charge in [-0.05, 0) is 43.8 Å². The highest BCUT2D eigenvalue weighted by molar-refractivity contribution is 6.07. The van der Waals surface area contributed by atoms with E-state index >= 15 is 0 Å². The predicted octanol–water partition coefficient (Wildman–Crippen LogP) is 2.32. The summed E-state index contributed by atoms with van der Waals surface area (Å²) in [6.45, 7) is 12.9. The molecule has 0 atom stereocenters. The predicted molar refractivity (Wildman–Crippen MR) is 187 cm³/mol. The van der Waals surface area contributed by atoms with Crippen LogP contribution in [0.4, 0.5) is 5.69 Å². The molecule has 50 heavy (non-hydrogen) atoms. The first-order chi connectivity index (χ1) is 23.3. The molecule has 0 fully saturated rings. The third-order valence-electron chi connectivity index (χ3n) is 7.08. The molecular weight excluding hydrogens is 646 g/mol. The minimum absolute atomic E-state index is 0. The van der Waals surface area contributed by atoms with Gasteiger partial charge in [0.1, 0.15) is 30.3 Å². The Bertz CT molecular complexity index is 1870. The van der Waals surface area contributed by atoms with Crippen LogP contribution < -0.4 is 25.3 Å². The van der Waals surface area contributed by atoms with Crippen LogP contribution in [-0.2, 0) is 28.7 Å². The molecule has 1 amide bonds. The van der Waals surface area contributed by atoms with Crippen molar-refractivity contribution in [1.82, 2.24) is 9.89 Å². The third-order valence-corrected chi connectivity index (χ3v) is 7.08. The van der Waals surface area contributed by atoms with Crippen molar-refractivity contribution >= 4 is 46.3 Å². The van der Waals surface area contributed by atoms with Crippen LogP contribution in [0.5, 0.6) is 0 Å². The second-order valence-corrected chi connectivity index (χ2v) is 11.1. The van der Waals surface area contributed by atoms with E-state index in [0.717, 1.165) is 11.0 Å². The Morgan fingerprint density at radius 1 is 0.880 bits per heavy atom. The summed E-state index contributed by atoms with van der Waals surface area (Å²) in [7, 11) is 0. The molecule has 2 aromatic rings. The molecule has 13 heteroatoms. The fourth-order valence-electron chi connectivity index (χ4n) is 5.06. The number of amides is 1. The van der Waals surface area contributed by atoms with Gasteiger partial charge in [0, 0.05) is 60.7 Å². The summed E-state index contributed by atoms with van der Waals surface area (Å²) >= 11 is 0. The number of ketones is 1. The van der Waals surface area contributed by atoms with Gasteiger partial charge in [-0.25, -0.2) is 4.58 Å². The van der Waals surface area contributed by atoms with Crippen molar-refractivity contribution in [3.05, 3.63) is 84.4 Å². The number of Topliss-reactive ketones (excluding diaryl/α,β-unsaturated/α-hetero) is 1. The summed E-state index contributed by atoms with van der Waals surface area (Å²) in [6, 6.07) is 17.7. The molecule has 0 saturated carbocycles. The van der Waals surface area contributed by atoms with E-state index in [4.69, 9.17) is 13.9 Å². The maximum absolute atomic E-state index is 12.2. The first-order valence-corrected chi connectivity index (χ1v) is 15.6. The summed E-state index contributed by atoms with van der Waals surface area (Å²) in [5.41, 5.74) is 3.03. The number of anilines is 1. The topological polar surface area (TPSA) is 190 Å². The number of hydrogen-bond donors (Lipinski definition) is 1. The minimum atomic E-state index is -1.31. The van der Waals surface area contributed by atoms with Gasteiger partial charge in [0.05, 0.1) is 25.1 Å². The van der Waals surface area contributed by atoms with Crippen LogP contribution in [0.15, 0.2) is 77.9 Å². The van der Waals surface area contributed by atoms with Crippen molar-refractivity contribution in [3.63, 3.8) is 0 Å². The first-order valence-electron chi connectivity index (χ1n) is 15.6. The molecule has 1 heterocycles. The van der Waals surface area contributed by atoms with E-state index in [1.165, 1.54) is 40.7 Å². The van der Waals surface area contributed by atoms with Gasteiger partial charge in [0.15, 0.2) is 13.1 Å². The zero-order valence-electron chi connectivity index (χ0n) is 28.9. The fraction of sp³-hybridized carbons (Fsp3) is 0.297. The zero-order chi connectivity index (χ0) is 36.1. The van der Waals surface area contributed by atoms with Crippen LogP contribution >= 0.6 is 0 Å². The van der Waals surface area contributed by atoms with Crippen molar-refractivity contribution in [2.45, 2.75) is 34.6 Å². The Morgan fingerprint density at radius 3 is 2.16 bits per heavy atom. The molecule has 0 unspecified atom stereocenters. The van der Waals surface area contributed by atoms with Gasteiger partial charge in [-0.2, -0.15) is 0 Å². The molecule has 1 aliphatic carbocycles. The Hall–Kier alpha value is -5.82. The number of carboxylic acids is 1. The number of carboxylic acid groups (broad SMARTS) is 1. The number of aromatic carboxylic acids is 1. The van der Waals surface area contributed by atoms with E-state index in [-0.39, 0.29) is 41.9 Å².